The second-order valence-corrected chi connectivity index (χ2v) is 10.1. The molecule has 0 radical (unpaired) electrons. The number of aliphatic hydroxyl groups excluding tert-OH is 6. The molecular weight excluding hydrogens is 500 g/mol. The monoisotopic (exact) mass is 550 g/mol. The number of hydrogen-bond donors (Lipinski definition) is 8. The van der Waals surface area contributed by atoms with Gasteiger partial charge in [0.05, 0.1) is 31.5 Å². The van der Waals surface area contributed by atoms with Crippen molar-refractivity contribution < 1.29 is 49.7 Å². The van der Waals surface area contributed by atoms with Crippen molar-refractivity contribution in [1.82, 2.24) is 10.6 Å². The smallest absolute Gasteiger partial charge is 0.220 e. The molecular formula is C26H50N2O10. The van der Waals surface area contributed by atoms with Crippen molar-refractivity contribution in [2.75, 3.05) is 19.8 Å². The van der Waals surface area contributed by atoms with Crippen LogP contribution in [0.15, 0.2) is 0 Å². The Morgan fingerprint density at radius 1 is 1.00 bits per heavy atom. The van der Waals surface area contributed by atoms with Gasteiger partial charge in [0.2, 0.25) is 11.8 Å². The lowest BCUT2D eigenvalue weighted by Crippen LogP contribution is -2.52. The molecule has 0 aliphatic carbocycles. The largest absolute Gasteiger partial charge is 0.394 e. The molecule has 0 aromatic rings. The maximum absolute atomic E-state index is 12.6. The van der Waals surface area contributed by atoms with Crippen LogP contribution in [0.4, 0.5) is 0 Å². The van der Waals surface area contributed by atoms with E-state index in [2.05, 4.69) is 10.6 Å². The lowest BCUT2D eigenvalue weighted by Gasteiger charge is -2.30. The average Bonchev–Trinajstić information content (AvgIpc) is 2.97. The highest BCUT2D eigenvalue weighted by Crippen LogP contribution is 2.22. The zero-order chi connectivity index (χ0) is 28.5. The Hall–Kier alpha value is -1.38. The number of ether oxygens (including phenoxy) is 2. The van der Waals surface area contributed by atoms with Crippen LogP contribution in [0.2, 0.25) is 0 Å². The number of carbonyl (C=O) groups is 2. The van der Waals surface area contributed by atoms with Gasteiger partial charge in [0.1, 0.15) is 24.4 Å². The molecule has 1 fully saturated rings. The van der Waals surface area contributed by atoms with Gasteiger partial charge in [0, 0.05) is 26.3 Å². The third-order valence-corrected chi connectivity index (χ3v) is 6.69. The Morgan fingerprint density at radius 2 is 1.63 bits per heavy atom. The Kier molecular flexibility index (Phi) is 17.9. The minimum Gasteiger partial charge on any atom is -0.394 e. The van der Waals surface area contributed by atoms with E-state index in [1.165, 1.54) is 6.92 Å². The molecule has 1 aliphatic heterocycles. The number of carbonyl (C=O) groups excluding carboxylic acids is 2. The van der Waals surface area contributed by atoms with E-state index in [1.807, 2.05) is 6.92 Å². The summed E-state index contributed by atoms with van der Waals surface area (Å²) in [5, 5.41) is 66.2. The van der Waals surface area contributed by atoms with Crippen LogP contribution < -0.4 is 10.6 Å². The summed E-state index contributed by atoms with van der Waals surface area (Å²) >= 11 is 0. The van der Waals surface area contributed by atoms with Gasteiger partial charge >= 0.3 is 0 Å². The highest BCUT2D eigenvalue weighted by atomic mass is 16.7. The van der Waals surface area contributed by atoms with E-state index in [-0.39, 0.29) is 31.3 Å². The second-order valence-electron chi connectivity index (χ2n) is 10.1. The van der Waals surface area contributed by atoms with Crippen molar-refractivity contribution in [2.24, 2.45) is 0 Å². The highest BCUT2D eigenvalue weighted by molar-refractivity contribution is 5.76. The van der Waals surface area contributed by atoms with E-state index in [1.54, 1.807) is 0 Å². The number of hydrogen-bond acceptors (Lipinski definition) is 10. The molecule has 12 nitrogen and oxygen atoms in total. The maximum Gasteiger partial charge on any atom is 0.220 e. The van der Waals surface area contributed by atoms with Gasteiger partial charge in [-0.3, -0.25) is 9.59 Å². The molecule has 0 spiro atoms. The number of nitrogens with one attached hydrogen (secondary N) is 2. The normalized spacial score (nSPS) is 26.3. The van der Waals surface area contributed by atoms with Gasteiger partial charge in [-0.1, -0.05) is 45.4 Å². The lowest BCUT2D eigenvalue weighted by molar-refractivity contribution is -0.230. The van der Waals surface area contributed by atoms with Crippen LogP contribution in [0.1, 0.15) is 84.5 Å². The van der Waals surface area contributed by atoms with E-state index in [0.717, 1.165) is 38.5 Å². The Labute approximate surface area is 225 Å². The SMILES string of the molecule is CCC[C@@H](O)[C@@H](O)[C@H](CO[C@H]1OC(CO)[C@H](O)C(O)CC1O)NC(=O)CCCCCCCCCNC(C)=O. The zero-order valence-corrected chi connectivity index (χ0v) is 22.8. The first kappa shape index (κ1) is 34.6. The van der Waals surface area contributed by atoms with Crippen LogP contribution in [0, 0.1) is 0 Å². The summed E-state index contributed by atoms with van der Waals surface area (Å²) in [7, 11) is 0. The van der Waals surface area contributed by atoms with Crippen molar-refractivity contribution in [3.05, 3.63) is 0 Å². The van der Waals surface area contributed by atoms with Crippen LogP contribution in [-0.4, -0.2) is 111 Å². The Morgan fingerprint density at radius 3 is 2.24 bits per heavy atom. The fourth-order valence-corrected chi connectivity index (χ4v) is 4.39. The zero-order valence-electron chi connectivity index (χ0n) is 22.8. The fraction of sp³-hybridized carbons (Fsp3) is 0.923. The minimum absolute atomic E-state index is 0.0187. The molecule has 38 heavy (non-hydrogen) atoms. The Balaban J connectivity index is 2.52. The summed E-state index contributed by atoms with van der Waals surface area (Å²) < 4.78 is 11.0. The van der Waals surface area contributed by atoms with Gasteiger partial charge in [-0.25, -0.2) is 0 Å². The van der Waals surface area contributed by atoms with Crippen LogP contribution in [0.5, 0.6) is 0 Å². The second kappa shape index (κ2) is 19.6. The first-order valence-electron chi connectivity index (χ1n) is 13.9. The van der Waals surface area contributed by atoms with E-state index in [0.29, 0.717) is 25.8 Å². The van der Waals surface area contributed by atoms with Crippen molar-refractivity contribution in [2.45, 2.75) is 133 Å². The van der Waals surface area contributed by atoms with Crippen molar-refractivity contribution in [1.29, 1.82) is 0 Å². The van der Waals surface area contributed by atoms with Gasteiger partial charge in [-0.15, -0.1) is 0 Å². The van der Waals surface area contributed by atoms with E-state index in [9.17, 15) is 40.2 Å². The van der Waals surface area contributed by atoms with Crippen molar-refractivity contribution in [3.8, 4) is 0 Å². The summed E-state index contributed by atoms with van der Waals surface area (Å²) in [5.41, 5.74) is 0. The van der Waals surface area contributed by atoms with Crippen LogP contribution >= 0.6 is 0 Å². The molecule has 0 saturated carbocycles. The number of rotatable bonds is 19. The molecule has 1 heterocycles. The molecule has 8 atom stereocenters. The van der Waals surface area contributed by atoms with Gasteiger partial charge in [0.25, 0.3) is 0 Å². The number of unbranched alkanes of at least 4 members (excludes halogenated alkanes) is 6. The first-order chi connectivity index (χ1) is 18.1. The van der Waals surface area contributed by atoms with Crippen LogP contribution in [-0.2, 0) is 19.1 Å². The predicted molar refractivity (Wildman–Crippen MR) is 139 cm³/mol. The summed E-state index contributed by atoms with van der Waals surface area (Å²) in [4.78, 5) is 23.4. The molecule has 1 aliphatic rings. The summed E-state index contributed by atoms with van der Waals surface area (Å²) in [6, 6.07) is -0.992. The van der Waals surface area contributed by atoms with Crippen molar-refractivity contribution in [3.63, 3.8) is 0 Å². The maximum atomic E-state index is 12.6. The van der Waals surface area contributed by atoms with Gasteiger partial charge in [-0.05, 0) is 19.3 Å². The Bertz CT molecular complexity index is 656. The molecule has 12 heteroatoms. The van der Waals surface area contributed by atoms with Crippen molar-refractivity contribution >= 4 is 11.8 Å². The van der Waals surface area contributed by atoms with Gasteiger partial charge < -0.3 is 50.7 Å². The number of amides is 2. The third-order valence-electron chi connectivity index (χ3n) is 6.69. The highest BCUT2D eigenvalue weighted by Gasteiger charge is 2.39. The summed E-state index contributed by atoms with van der Waals surface area (Å²) in [6.07, 6.45) is -1.49. The van der Waals surface area contributed by atoms with Crippen LogP contribution in [0.3, 0.4) is 0 Å². The average molecular weight is 551 g/mol. The molecule has 2 amide bonds. The van der Waals surface area contributed by atoms with Gasteiger partial charge in [0.15, 0.2) is 6.29 Å². The molecule has 8 N–H and O–H groups in total. The third kappa shape index (κ3) is 13.6. The summed E-state index contributed by atoms with van der Waals surface area (Å²) in [5.74, 6) is -0.326. The molecule has 0 aromatic heterocycles. The van der Waals surface area contributed by atoms with E-state index >= 15 is 0 Å². The fourth-order valence-electron chi connectivity index (χ4n) is 4.39. The molecule has 224 valence electrons. The molecule has 0 aromatic carbocycles. The topological polar surface area (TPSA) is 198 Å². The predicted octanol–water partition coefficient (Wildman–Crippen LogP) is -0.543. The van der Waals surface area contributed by atoms with E-state index in [4.69, 9.17) is 9.47 Å². The molecule has 1 saturated heterocycles. The molecule has 3 unspecified atom stereocenters. The van der Waals surface area contributed by atoms with E-state index < -0.39 is 55.6 Å². The molecule has 1 rings (SSSR count). The first-order valence-corrected chi connectivity index (χ1v) is 13.9. The number of aliphatic hydroxyl groups is 6. The van der Waals surface area contributed by atoms with Gasteiger partial charge in [-0.2, -0.15) is 0 Å². The summed E-state index contributed by atoms with van der Waals surface area (Å²) in [6.45, 7) is 3.13. The lowest BCUT2D eigenvalue weighted by atomic mass is 10.0. The minimum atomic E-state index is -1.42. The molecule has 0 bridgehead atoms. The van der Waals surface area contributed by atoms with Crippen LogP contribution in [0.25, 0.3) is 0 Å². The standard InChI is InChI=1S/C26H50N2O10/c1-3-11-19(31)24(35)18(16-37-26-21(33)14-20(32)25(36)22(15-29)38-26)28-23(34)12-9-7-5-4-6-8-10-13-27-17(2)30/h18-22,24-26,29,31-33,35-36H,3-16H2,1-2H3,(H,27,30)(H,28,34)/t18-,19+,20?,21?,22?,24-,25+,26-/m0/s1. The quantitative estimate of drug-likeness (QED) is 0.0966.